The number of thioether (sulfide) groups is 1. The fraction of sp³-hybridized carbons (Fsp3) is 0.360. The first-order valence-corrected chi connectivity index (χ1v) is 11.8. The van der Waals surface area contributed by atoms with E-state index in [9.17, 15) is 4.79 Å². The fourth-order valence-electron chi connectivity index (χ4n) is 4.09. The highest BCUT2D eigenvalue weighted by molar-refractivity contribution is 7.99. The van der Waals surface area contributed by atoms with Crippen molar-refractivity contribution in [3.05, 3.63) is 65.5 Å². The highest BCUT2D eigenvalue weighted by Gasteiger charge is 2.23. The molecular weight excluding hydrogens is 422 g/mol. The van der Waals surface area contributed by atoms with Crippen molar-refractivity contribution in [2.75, 3.05) is 26.5 Å². The van der Waals surface area contributed by atoms with Crippen LogP contribution in [0.5, 0.6) is 11.5 Å². The summed E-state index contributed by atoms with van der Waals surface area (Å²) < 4.78 is 12.9. The van der Waals surface area contributed by atoms with E-state index in [2.05, 4.69) is 41.6 Å². The van der Waals surface area contributed by atoms with Crippen molar-refractivity contribution in [1.82, 2.24) is 14.5 Å². The first-order chi connectivity index (χ1) is 15.5. The van der Waals surface area contributed by atoms with E-state index in [1.165, 1.54) is 22.9 Å². The Morgan fingerprint density at radius 2 is 1.84 bits per heavy atom. The molecule has 0 fully saturated rings. The highest BCUT2D eigenvalue weighted by Crippen LogP contribution is 2.33. The van der Waals surface area contributed by atoms with Crippen molar-refractivity contribution in [3.63, 3.8) is 0 Å². The van der Waals surface area contributed by atoms with Crippen LogP contribution in [0.25, 0.3) is 5.69 Å². The third kappa shape index (κ3) is 4.48. The molecule has 2 aromatic carbocycles. The highest BCUT2D eigenvalue weighted by atomic mass is 32.2. The zero-order valence-electron chi connectivity index (χ0n) is 19.0. The van der Waals surface area contributed by atoms with Gasteiger partial charge in [-0.1, -0.05) is 43.8 Å². The lowest BCUT2D eigenvalue weighted by atomic mass is 9.99. The van der Waals surface area contributed by atoms with Gasteiger partial charge in [0.25, 0.3) is 0 Å². The topological polar surface area (TPSA) is 56.6 Å². The Morgan fingerprint density at radius 1 is 1.12 bits per heavy atom. The average Bonchev–Trinajstić information content (AvgIpc) is 3.29. The second-order valence-electron chi connectivity index (χ2n) is 8.12. The summed E-state index contributed by atoms with van der Waals surface area (Å²) in [6.45, 7) is 5.65. The van der Waals surface area contributed by atoms with E-state index < -0.39 is 0 Å². The van der Waals surface area contributed by atoms with E-state index >= 15 is 0 Å². The second-order valence-corrected chi connectivity index (χ2v) is 9.07. The molecule has 0 unspecified atom stereocenters. The van der Waals surface area contributed by atoms with Gasteiger partial charge in [0.2, 0.25) is 5.91 Å². The minimum atomic E-state index is 0.113. The molecular formula is C25H29N3O3S. The Morgan fingerprint density at radius 3 is 2.56 bits per heavy atom. The van der Waals surface area contributed by atoms with Gasteiger partial charge in [-0.05, 0) is 47.2 Å². The molecule has 0 saturated carbocycles. The zero-order chi connectivity index (χ0) is 22.7. The molecule has 7 heteroatoms. The number of nitrogens with zero attached hydrogens (tertiary/aromatic N) is 3. The van der Waals surface area contributed by atoms with E-state index in [4.69, 9.17) is 9.47 Å². The van der Waals surface area contributed by atoms with Gasteiger partial charge in [-0.25, -0.2) is 4.98 Å². The Balaban J connectivity index is 1.46. The normalized spacial score (nSPS) is 13.2. The van der Waals surface area contributed by atoms with Gasteiger partial charge >= 0.3 is 0 Å². The van der Waals surface area contributed by atoms with Gasteiger partial charge in [-0.15, -0.1) is 0 Å². The summed E-state index contributed by atoms with van der Waals surface area (Å²) in [5.74, 6) is 2.29. The third-order valence-electron chi connectivity index (χ3n) is 5.82. The Bertz CT molecular complexity index is 1110. The smallest absolute Gasteiger partial charge is 0.233 e. The summed E-state index contributed by atoms with van der Waals surface area (Å²) in [6.07, 6.45) is 4.56. The SMILES string of the molecule is COc1cc2c(cc1OC)CN(C(=O)CSc1nccn1-c1ccccc1C(C)C)CC2. The lowest BCUT2D eigenvalue weighted by molar-refractivity contribution is -0.129. The number of hydrogen-bond acceptors (Lipinski definition) is 5. The molecule has 0 aliphatic carbocycles. The monoisotopic (exact) mass is 451 g/mol. The van der Waals surface area contributed by atoms with Crippen LogP contribution in [-0.2, 0) is 17.8 Å². The number of rotatable bonds is 7. The molecule has 1 aliphatic heterocycles. The van der Waals surface area contributed by atoms with Crippen molar-refractivity contribution in [1.29, 1.82) is 0 Å². The lowest BCUT2D eigenvalue weighted by Gasteiger charge is -2.29. The van der Waals surface area contributed by atoms with Gasteiger partial charge in [0, 0.05) is 25.5 Å². The first-order valence-electron chi connectivity index (χ1n) is 10.8. The predicted molar refractivity (Wildman–Crippen MR) is 127 cm³/mol. The first kappa shape index (κ1) is 22.3. The predicted octanol–water partition coefficient (Wildman–Crippen LogP) is 4.69. The maximum Gasteiger partial charge on any atom is 0.233 e. The molecule has 4 rings (SSSR count). The third-order valence-corrected chi connectivity index (χ3v) is 6.77. The molecule has 32 heavy (non-hydrogen) atoms. The van der Waals surface area contributed by atoms with Crippen LogP contribution in [0.2, 0.25) is 0 Å². The Kier molecular flexibility index (Phi) is 6.74. The summed E-state index contributed by atoms with van der Waals surface area (Å²) in [7, 11) is 3.27. The number of para-hydroxylation sites is 1. The number of fused-ring (bicyclic) bond motifs is 1. The van der Waals surface area contributed by atoms with Crippen LogP contribution in [0.4, 0.5) is 0 Å². The fourth-order valence-corrected chi connectivity index (χ4v) is 4.96. The number of hydrogen-bond donors (Lipinski definition) is 0. The number of carbonyl (C=O) groups is 1. The van der Waals surface area contributed by atoms with Gasteiger partial charge in [-0.3, -0.25) is 9.36 Å². The van der Waals surface area contributed by atoms with Crippen LogP contribution in [0.1, 0.15) is 36.5 Å². The molecule has 1 aromatic heterocycles. The molecule has 0 N–H and O–H groups in total. The Labute approximate surface area is 193 Å². The summed E-state index contributed by atoms with van der Waals surface area (Å²) in [6, 6.07) is 12.4. The lowest BCUT2D eigenvalue weighted by Crippen LogP contribution is -2.37. The largest absolute Gasteiger partial charge is 0.493 e. The van der Waals surface area contributed by atoms with E-state index in [-0.39, 0.29) is 5.91 Å². The standard InChI is InChI=1S/C25H29N3O3S/c1-17(2)20-7-5-6-8-21(20)28-12-10-26-25(28)32-16-24(29)27-11-9-18-13-22(30-3)23(31-4)14-19(18)15-27/h5-8,10,12-14,17H,9,11,15-16H2,1-4H3. The van der Waals surface area contributed by atoms with E-state index in [1.807, 2.05) is 29.3 Å². The number of amides is 1. The zero-order valence-corrected chi connectivity index (χ0v) is 19.8. The molecule has 3 aromatic rings. The van der Waals surface area contributed by atoms with E-state index in [0.29, 0.717) is 30.5 Å². The molecule has 1 amide bonds. The van der Waals surface area contributed by atoms with Gasteiger partial charge in [0.05, 0.1) is 25.7 Å². The second kappa shape index (κ2) is 9.69. The van der Waals surface area contributed by atoms with Crippen LogP contribution in [0.3, 0.4) is 0 Å². The number of ether oxygens (including phenoxy) is 2. The summed E-state index contributed by atoms with van der Waals surface area (Å²) in [5.41, 5.74) is 4.69. The Hall–Kier alpha value is -2.93. The van der Waals surface area contributed by atoms with Crippen molar-refractivity contribution in [3.8, 4) is 17.2 Å². The molecule has 1 aliphatic rings. The van der Waals surface area contributed by atoms with Crippen LogP contribution < -0.4 is 9.47 Å². The van der Waals surface area contributed by atoms with Gasteiger partial charge < -0.3 is 14.4 Å². The van der Waals surface area contributed by atoms with Crippen molar-refractivity contribution in [2.45, 2.75) is 37.9 Å². The van der Waals surface area contributed by atoms with Crippen LogP contribution in [-0.4, -0.2) is 46.9 Å². The average molecular weight is 452 g/mol. The number of aromatic nitrogens is 2. The summed E-state index contributed by atoms with van der Waals surface area (Å²) >= 11 is 1.48. The number of benzene rings is 2. The number of carbonyl (C=O) groups excluding carboxylic acids is 1. The van der Waals surface area contributed by atoms with Gasteiger partial charge in [0.1, 0.15) is 0 Å². The van der Waals surface area contributed by atoms with E-state index in [1.54, 1.807) is 20.4 Å². The molecule has 0 atom stereocenters. The van der Waals surface area contributed by atoms with Crippen LogP contribution in [0.15, 0.2) is 53.9 Å². The maximum atomic E-state index is 13.0. The maximum absolute atomic E-state index is 13.0. The van der Waals surface area contributed by atoms with Crippen molar-refractivity contribution < 1.29 is 14.3 Å². The number of methoxy groups -OCH3 is 2. The summed E-state index contributed by atoms with van der Waals surface area (Å²) in [4.78, 5) is 19.4. The van der Waals surface area contributed by atoms with Gasteiger partial charge in [0.15, 0.2) is 16.7 Å². The van der Waals surface area contributed by atoms with Gasteiger partial charge in [-0.2, -0.15) is 0 Å². The quantitative estimate of drug-likeness (QED) is 0.488. The molecule has 2 heterocycles. The van der Waals surface area contributed by atoms with Crippen LogP contribution in [0, 0.1) is 0 Å². The molecule has 168 valence electrons. The van der Waals surface area contributed by atoms with E-state index in [0.717, 1.165) is 28.6 Å². The van der Waals surface area contributed by atoms with Crippen molar-refractivity contribution >= 4 is 17.7 Å². The minimum Gasteiger partial charge on any atom is -0.493 e. The minimum absolute atomic E-state index is 0.113. The summed E-state index contributed by atoms with van der Waals surface area (Å²) in [5, 5.41) is 0.829. The molecule has 6 nitrogen and oxygen atoms in total. The molecule has 0 bridgehead atoms. The molecule has 0 radical (unpaired) electrons. The van der Waals surface area contributed by atoms with Crippen LogP contribution >= 0.6 is 11.8 Å². The number of imidazole rings is 1. The molecule has 0 spiro atoms. The van der Waals surface area contributed by atoms with Crippen molar-refractivity contribution in [2.24, 2.45) is 0 Å². The molecule has 0 saturated heterocycles.